The first-order valence-electron chi connectivity index (χ1n) is 6.04. The van der Waals surface area contributed by atoms with Gasteiger partial charge in [-0.3, -0.25) is 10.1 Å². The van der Waals surface area contributed by atoms with Crippen molar-refractivity contribution in [1.82, 2.24) is 0 Å². The van der Waals surface area contributed by atoms with Gasteiger partial charge in [-0.05, 0) is 17.9 Å². The van der Waals surface area contributed by atoms with Crippen molar-refractivity contribution >= 4 is 27.1 Å². The van der Waals surface area contributed by atoms with E-state index >= 15 is 0 Å². The summed E-state index contributed by atoms with van der Waals surface area (Å²) < 4.78 is 22.9. The molecule has 0 N–H and O–H groups in total. The summed E-state index contributed by atoms with van der Waals surface area (Å²) in [5.74, 6) is 0. The maximum Gasteiger partial charge on any atom is 0.273 e. The number of rotatable bonds is 4. The smallest absolute Gasteiger partial charge is 0.258 e. The van der Waals surface area contributed by atoms with Crippen LogP contribution in [0.5, 0.6) is 0 Å². The second kappa shape index (κ2) is 5.69. The second-order valence-corrected chi connectivity index (χ2v) is 8.40. The van der Waals surface area contributed by atoms with Crippen LogP contribution in [0.1, 0.15) is 26.3 Å². The summed E-state index contributed by atoms with van der Waals surface area (Å²) in [6, 6.07) is 3.94. The second-order valence-electron chi connectivity index (χ2n) is 5.86. The first-order chi connectivity index (χ1) is 8.93. The van der Waals surface area contributed by atoms with E-state index in [1.807, 2.05) is 20.8 Å². The molecule has 1 unspecified atom stereocenters. The number of benzene rings is 1. The molecule has 0 amide bonds. The van der Waals surface area contributed by atoms with Crippen LogP contribution in [-0.4, -0.2) is 25.0 Å². The van der Waals surface area contributed by atoms with Crippen LogP contribution in [0.3, 0.4) is 0 Å². The minimum absolute atomic E-state index is 0.0603. The highest BCUT2D eigenvalue weighted by Crippen LogP contribution is 2.31. The summed E-state index contributed by atoms with van der Waals surface area (Å²) in [6.07, 6.45) is 1.33. The Labute approximate surface area is 124 Å². The molecule has 5 nitrogen and oxygen atoms in total. The van der Waals surface area contributed by atoms with Gasteiger partial charge in [0.1, 0.15) is 0 Å². The van der Waals surface area contributed by atoms with E-state index in [0.29, 0.717) is 12.0 Å². The normalized spacial score (nSPS) is 14.1. The minimum atomic E-state index is -3.47. The van der Waals surface area contributed by atoms with Crippen molar-refractivity contribution in [1.29, 1.82) is 0 Å². The maximum absolute atomic E-state index is 11.5. The summed E-state index contributed by atoms with van der Waals surface area (Å²) in [5.41, 5.74) is 0.0328. The van der Waals surface area contributed by atoms with Gasteiger partial charge in [-0.25, -0.2) is 8.42 Å². The van der Waals surface area contributed by atoms with E-state index in [4.69, 9.17) is 11.6 Å². The molecule has 1 aromatic carbocycles. The minimum Gasteiger partial charge on any atom is -0.258 e. The van der Waals surface area contributed by atoms with Crippen LogP contribution in [0.2, 0.25) is 0 Å². The Morgan fingerprint density at radius 3 is 2.30 bits per heavy atom. The lowest BCUT2D eigenvalue weighted by Gasteiger charge is -2.25. The maximum atomic E-state index is 11.5. The number of sulfone groups is 1. The highest BCUT2D eigenvalue weighted by Gasteiger charge is 2.26. The summed E-state index contributed by atoms with van der Waals surface area (Å²) in [4.78, 5) is 10.5. The van der Waals surface area contributed by atoms with Gasteiger partial charge in [0.25, 0.3) is 5.69 Å². The van der Waals surface area contributed by atoms with Crippen LogP contribution >= 0.6 is 11.6 Å². The predicted molar refractivity (Wildman–Crippen MR) is 79.0 cm³/mol. The quantitative estimate of drug-likeness (QED) is 0.485. The van der Waals surface area contributed by atoms with Crippen molar-refractivity contribution < 1.29 is 13.3 Å². The van der Waals surface area contributed by atoms with E-state index in [1.165, 1.54) is 12.1 Å². The highest BCUT2D eigenvalue weighted by molar-refractivity contribution is 7.90. The van der Waals surface area contributed by atoms with Crippen LogP contribution in [0.15, 0.2) is 23.1 Å². The number of nitro benzene ring substituents is 1. The third kappa shape index (κ3) is 4.18. The number of nitrogens with zero attached hydrogens (tertiary/aromatic N) is 1. The Bertz CT molecular complexity index is 620. The molecular weight excluding hydrogens is 302 g/mol. The Kier molecular flexibility index (Phi) is 4.82. The average Bonchev–Trinajstić information content (AvgIpc) is 2.26. The van der Waals surface area contributed by atoms with E-state index in [1.54, 1.807) is 0 Å². The third-order valence-corrected chi connectivity index (χ3v) is 4.94. The molecule has 7 heteroatoms. The molecule has 1 atom stereocenters. The number of nitro groups is 1. The van der Waals surface area contributed by atoms with Gasteiger partial charge >= 0.3 is 0 Å². The Morgan fingerprint density at radius 2 is 1.90 bits per heavy atom. The van der Waals surface area contributed by atoms with Gasteiger partial charge < -0.3 is 0 Å². The van der Waals surface area contributed by atoms with Crippen molar-refractivity contribution in [3.63, 3.8) is 0 Å². The van der Waals surface area contributed by atoms with Crippen molar-refractivity contribution in [2.75, 3.05) is 6.26 Å². The van der Waals surface area contributed by atoms with Crippen LogP contribution in [0, 0.1) is 15.5 Å². The summed E-state index contributed by atoms with van der Waals surface area (Å²) >= 11 is 6.26. The van der Waals surface area contributed by atoms with Gasteiger partial charge in [-0.1, -0.05) is 26.8 Å². The van der Waals surface area contributed by atoms with Gasteiger partial charge in [0.15, 0.2) is 9.84 Å². The number of alkyl halides is 1. The molecule has 0 heterocycles. The first-order valence-corrected chi connectivity index (χ1v) is 8.37. The van der Waals surface area contributed by atoms with Gasteiger partial charge in [0, 0.05) is 23.3 Å². The molecule has 0 aromatic heterocycles. The average molecular weight is 320 g/mol. The molecule has 0 radical (unpaired) electrons. The molecule has 0 saturated heterocycles. The summed E-state index contributed by atoms with van der Waals surface area (Å²) in [7, 11) is -3.47. The number of hydrogen-bond donors (Lipinski definition) is 0. The molecule has 0 bridgehead atoms. The summed E-state index contributed by atoms with van der Waals surface area (Å²) in [5, 5.41) is 10.8. The van der Waals surface area contributed by atoms with Crippen molar-refractivity contribution in [2.45, 2.75) is 37.5 Å². The highest BCUT2D eigenvalue weighted by atomic mass is 35.5. The first kappa shape index (κ1) is 16.9. The topological polar surface area (TPSA) is 77.3 Å². The summed E-state index contributed by atoms with van der Waals surface area (Å²) in [6.45, 7) is 5.84. The fourth-order valence-corrected chi connectivity index (χ4v) is 2.42. The molecule has 112 valence electrons. The van der Waals surface area contributed by atoms with Crippen LogP contribution in [0.4, 0.5) is 5.69 Å². The fraction of sp³-hybridized carbons (Fsp3) is 0.538. The van der Waals surface area contributed by atoms with E-state index in [0.717, 1.165) is 12.3 Å². The molecule has 0 spiro atoms. The van der Waals surface area contributed by atoms with Gasteiger partial charge in [0.05, 0.1) is 9.82 Å². The molecule has 0 aliphatic rings. The lowest BCUT2D eigenvalue weighted by molar-refractivity contribution is -0.385. The molecule has 0 aliphatic heterocycles. The largest absolute Gasteiger partial charge is 0.273 e. The predicted octanol–water partition coefficient (Wildman–Crippen LogP) is 3.19. The van der Waals surface area contributed by atoms with E-state index in [-0.39, 0.29) is 21.4 Å². The molecule has 1 rings (SSSR count). The zero-order valence-electron chi connectivity index (χ0n) is 11.9. The number of halogens is 1. The Morgan fingerprint density at radius 1 is 1.35 bits per heavy atom. The molecular formula is C13H18ClNO4S. The molecule has 0 aliphatic carbocycles. The molecule has 0 saturated carbocycles. The zero-order chi connectivity index (χ0) is 15.7. The van der Waals surface area contributed by atoms with Crippen molar-refractivity contribution in [2.24, 2.45) is 5.41 Å². The lowest BCUT2D eigenvalue weighted by Crippen LogP contribution is -2.23. The van der Waals surface area contributed by atoms with Crippen LogP contribution < -0.4 is 0 Å². The number of hydrogen-bond acceptors (Lipinski definition) is 4. The monoisotopic (exact) mass is 319 g/mol. The van der Waals surface area contributed by atoms with Crippen LogP contribution in [-0.2, 0) is 16.3 Å². The van der Waals surface area contributed by atoms with E-state index < -0.39 is 14.8 Å². The Hall–Kier alpha value is -1.14. The molecule has 20 heavy (non-hydrogen) atoms. The fourth-order valence-electron chi connectivity index (χ4n) is 1.62. The molecule has 1 aromatic rings. The zero-order valence-corrected chi connectivity index (χ0v) is 13.5. The third-order valence-electron chi connectivity index (χ3n) is 3.02. The van der Waals surface area contributed by atoms with Crippen LogP contribution in [0.25, 0.3) is 0 Å². The van der Waals surface area contributed by atoms with Gasteiger partial charge in [0.2, 0.25) is 0 Å². The molecule has 0 fully saturated rings. The van der Waals surface area contributed by atoms with Gasteiger partial charge in [-0.2, -0.15) is 0 Å². The van der Waals surface area contributed by atoms with E-state index in [2.05, 4.69) is 0 Å². The standard InChI is InChI=1S/C13H18ClNO4S/c1-13(2,3)12(14)7-9-5-6-10(20(4,18)19)8-11(9)15(16)17/h5-6,8,12H,7H2,1-4H3. The lowest BCUT2D eigenvalue weighted by atomic mass is 9.87. The van der Waals surface area contributed by atoms with Crippen molar-refractivity contribution in [3.8, 4) is 0 Å². The van der Waals surface area contributed by atoms with Crippen molar-refractivity contribution in [3.05, 3.63) is 33.9 Å². The Balaban J connectivity index is 3.25. The SMILES string of the molecule is CC(C)(C)C(Cl)Cc1ccc(S(C)(=O)=O)cc1[N+](=O)[O-]. The van der Waals surface area contributed by atoms with E-state index in [9.17, 15) is 18.5 Å². The van der Waals surface area contributed by atoms with Gasteiger partial charge in [-0.15, -0.1) is 11.6 Å².